The Morgan fingerprint density at radius 2 is 2.04 bits per heavy atom. The van der Waals surface area contributed by atoms with E-state index in [9.17, 15) is 0 Å². The predicted octanol–water partition coefficient (Wildman–Crippen LogP) is 3.21. The molecule has 0 aromatic heterocycles. The summed E-state index contributed by atoms with van der Waals surface area (Å²) < 4.78 is 11.0. The lowest BCUT2D eigenvalue weighted by atomic mass is 10.2. The molecular formula is C19H32IN3O2S. The second kappa shape index (κ2) is 14.5. The smallest absolute Gasteiger partial charge is 0.191 e. The largest absolute Gasteiger partial charge is 0.379 e. The van der Waals surface area contributed by atoms with Crippen molar-refractivity contribution < 1.29 is 9.47 Å². The Hall–Kier alpha value is -0.510. The Labute approximate surface area is 179 Å². The number of nitrogens with one attached hydrogen (secondary N) is 2. The first-order valence-corrected chi connectivity index (χ1v) is 10.2. The van der Waals surface area contributed by atoms with Gasteiger partial charge in [-0.1, -0.05) is 29.8 Å². The summed E-state index contributed by atoms with van der Waals surface area (Å²) in [6, 6.07) is 8.75. The van der Waals surface area contributed by atoms with Gasteiger partial charge in [0.25, 0.3) is 0 Å². The highest BCUT2D eigenvalue weighted by atomic mass is 127. The lowest BCUT2D eigenvalue weighted by Gasteiger charge is -2.13. The quantitative estimate of drug-likeness (QED) is 0.227. The molecule has 1 heterocycles. The fourth-order valence-corrected chi connectivity index (χ4v) is 3.33. The van der Waals surface area contributed by atoms with Gasteiger partial charge in [-0.05, 0) is 25.3 Å². The Kier molecular flexibility index (Phi) is 13.2. The van der Waals surface area contributed by atoms with Crippen molar-refractivity contribution in [1.82, 2.24) is 10.6 Å². The Morgan fingerprint density at radius 3 is 2.73 bits per heavy atom. The number of aliphatic imine (C=N–C) groups is 1. The van der Waals surface area contributed by atoms with E-state index in [0.29, 0.717) is 6.10 Å². The first kappa shape index (κ1) is 23.5. The van der Waals surface area contributed by atoms with Gasteiger partial charge in [-0.2, -0.15) is 11.8 Å². The molecule has 0 spiro atoms. The summed E-state index contributed by atoms with van der Waals surface area (Å²) in [6.45, 7) is 6.24. The third-order valence-electron chi connectivity index (χ3n) is 4.01. The van der Waals surface area contributed by atoms with E-state index in [1.807, 2.05) is 11.8 Å². The molecular weight excluding hydrogens is 461 g/mol. The molecule has 0 bridgehead atoms. The zero-order valence-electron chi connectivity index (χ0n) is 15.8. The maximum absolute atomic E-state index is 5.75. The standard InChI is InChI=1S/C19H31N3O2S.HI/c1-16-4-6-17(7-5-16)15-25-13-10-22-19(20-2)21-9-3-11-24-18-8-12-23-14-18;/h4-7,18H,3,8-15H2,1-2H3,(H2,20,21,22);1H. The van der Waals surface area contributed by atoms with Gasteiger partial charge in [0.1, 0.15) is 0 Å². The van der Waals surface area contributed by atoms with Gasteiger partial charge in [0.2, 0.25) is 0 Å². The fraction of sp³-hybridized carbons (Fsp3) is 0.632. The van der Waals surface area contributed by atoms with Crippen molar-refractivity contribution in [3.8, 4) is 0 Å². The summed E-state index contributed by atoms with van der Waals surface area (Å²) in [5.74, 6) is 2.97. The van der Waals surface area contributed by atoms with Gasteiger partial charge in [0.05, 0.1) is 12.7 Å². The zero-order chi connectivity index (χ0) is 17.7. The Morgan fingerprint density at radius 1 is 1.27 bits per heavy atom. The van der Waals surface area contributed by atoms with Gasteiger partial charge in [-0.15, -0.1) is 24.0 Å². The molecule has 1 aliphatic rings. The van der Waals surface area contributed by atoms with Crippen LogP contribution in [0.3, 0.4) is 0 Å². The van der Waals surface area contributed by atoms with Crippen LogP contribution in [-0.4, -0.2) is 57.8 Å². The van der Waals surface area contributed by atoms with E-state index in [0.717, 1.165) is 63.2 Å². The number of benzene rings is 1. The number of ether oxygens (including phenoxy) is 2. The van der Waals surface area contributed by atoms with Crippen LogP contribution in [0.15, 0.2) is 29.3 Å². The van der Waals surface area contributed by atoms with Crippen molar-refractivity contribution in [3.05, 3.63) is 35.4 Å². The average molecular weight is 493 g/mol. The molecule has 7 heteroatoms. The molecule has 0 saturated carbocycles. The van der Waals surface area contributed by atoms with E-state index in [-0.39, 0.29) is 24.0 Å². The number of guanidine groups is 1. The van der Waals surface area contributed by atoms with E-state index in [1.165, 1.54) is 11.1 Å². The molecule has 2 rings (SSSR count). The number of rotatable bonds is 10. The first-order valence-electron chi connectivity index (χ1n) is 9.05. The molecule has 1 unspecified atom stereocenters. The third kappa shape index (κ3) is 9.99. The van der Waals surface area contributed by atoms with Gasteiger partial charge < -0.3 is 20.1 Å². The molecule has 26 heavy (non-hydrogen) atoms. The minimum absolute atomic E-state index is 0. The highest BCUT2D eigenvalue weighted by Gasteiger charge is 2.15. The van der Waals surface area contributed by atoms with Crippen molar-refractivity contribution >= 4 is 41.7 Å². The molecule has 2 N–H and O–H groups in total. The van der Waals surface area contributed by atoms with Crippen LogP contribution < -0.4 is 10.6 Å². The van der Waals surface area contributed by atoms with Gasteiger partial charge in [0, 0.05) is 44.9 Å². The summed E-state index contributed by atoms with van der Waals surface area (Å²) in [4.78, 5) is 4.25. The van der Waals surface area contributed by atoms with Crippen molar-refractivity contribution in [3.63, 3.8) is 0 Å². The van der Waals surface area contributed by atoms with Crippen molar-refractivity contribution in [1.29, 1.82) is 0 Å². The van der Waals surface area contributed by atoms with Crippen LogP contribution in [0.2, 0.25) is 0 Å². The number of hydrogen-bond donors (Lipinski definition) is 2. The van der Waals surface area contributed by atoms with Crippen molar-refractivity contribution in [2.75, 3.05) is 45.7 Å². The van der Waals surface area contributed by atoms with E-state index in [1.54, 1.807) is 7.05 Å². The summed E-state index contributed by atoms with van der Waals surface area (Å²) in [5.41, 5.74) is 2.69. The SMILES string of the molecule is CN=C(NCCCOC1CCOC1)NCCSCc1ccc(C)cc1.I. The Bertz CT molecular complexity index is 508. The molecule has 1 fully saturated rings. The monoisotopic (exact) mass is 493 g/mol. The van der Waals surface area contributed by atoms with E-state index in [2.05, 4.69) is 46.8 Å². The lowest BCUT2D eigenvalue weighted by Crippen LogP contribution is -2.39. The fourth-order valence-electron chi connectivity index (χ4n) is 2.51. The second-order valence-corrected chi connectivity index (χ2v) is 7.28. The van der Waals surface area contributed by atoms with Gasteiger partial charge >= 0.3 is 0 Å². The molecule has 1 saturated heterocycles. The maximum atomic E-state index is 5.75. The molecule has 1 aliphatic heterocycles. The van der Waals surface area contributed by atoms with Gasteiger partial charge in [0.15, 0.2) is 5.96 Å². The summed E-state index contributed by atoms with van der Waals surface area (Å²) in [7, 11) is 1.81. The number of nitrogens with zero attached hydrogens (tertiary/aromatic N) is 1. The third-order valence-corrected chi connectivity index (χ3v) is 5.04. The normalized spacial score (nSPS) is 17.0. The van der Waals surface area contributed by atoms with Crippen molar-refractivity contribution in [2.45, 2.75) is 31.6 Å². The van der Waals surface area contributed by atoms with Crippen LogP contribution in [0.25, 0.3) is 0 Å². The minimum Gasteiger partial charge on any atom is -0.379 e. The molecule has 148 valence electrons. The maximum Gasteiger partial charge on any atom is 0.191 e. The molecule has 1 aromatic carbocycles. The Balaban J connectivity index is 0.00000338. The number of aryl methyl sites for hydroxylation is 1. The van der Waals surface area contributed by atoms with Crippen molar-refractivity contribution in [2.24, 2.45) is 4.99 Å². The topological polar surface area (TPSA) is 54.9 Å². The van der Waals surface area contributed by atoms with Crippen LogP contribution in [0.1, 0.15) is 24.0 Å². The number of thioether (sulfide) groups is 1. The molecule has 5 nitrogen and oxygen atoms in total. The molecule has 0 aliphatic carbocycles. The van der Waals surface area contributed by atoms with Gasteiger partial charge in [-0.3, -0.25) is 4.99 Å². The first-order chi connectivity index (χ1) is 12.3. The number of hydrogen-bond acceptors (Lipinski definition) is 4. The molecule has 1 atom stereocenters. The second-order valence-electron chi connectivity index (χ2n) is 6.17. The molecule has 1 aromatic rings. The van der Waals surface area contributed by atoms with Crippen LogP contribution in [0, 0.1) is 6.92 Å². The van der Waals surface area contributed by atoms with Gasteiger partial charge in [-0.25, -0.2) is 0 Å². The van der Waals surface area contributed by atoms with E-state index < -0.39 is 0 Å². The molecule has 0 radical (unpaired) electrons. The highest BCUT2D eigenvalue weighted by Crippen LogP contribution is 2.12. The molecule has 0 amide bonds. The summed E-state index contributed by atoms with van der Waals surface area (Å²) in [5, 5.41) is 6.68. The minimum atomic E-state index is 0. The zero-order valence-corrected chi connectivity index (χ0v) is 19.0. The summed E-state index contributed by atoms with van der Waals surface area (Å²) >= 11 is 1.93. The van der Waals surface area contributed by atoms with E-state index >= 15 is 0 Å². The van der Waals surface area contributed by atoms with E-state index in [4.69, 9.17) is 9.47 Å². The lowest BCUT2D eigenvalue weighted by molar-refractivity contribution is 0.0420. The van der Waals surface area contributed by atoms with Crippen LogP contribution >= 0.6 is 35.7 Å². The van der Waals surface area contributed by atoms with Crippen LogP contribution in [0.5, 0.6) is 0 Å². The van der Waals surface area contributed by atoms with Crippen LogP contribution in [0.4, 0.5) is 0 Å². The van der Waals surface area contributed by atoms with Crippen LogP contribution in [-0.2, 0) is 15.2 Å². The predicted molar refractivity (Wildman–Crippen MR) is 122 cm³/mol. The number of halogens is 1. The highest BCUT2D eigenvalue weighted by molar-refractivity contribution is 14.0. The average Bonchev–Trinajstić information content (AvgIpc) is 3.14. The summed E-state index contributed by atoms with van der Waals surface area (Å²) in [6.07, 6.45) is 2.29.